The lowest BCUT2D eigenvalue weighted by Gasteiger charge is -1.96. The summed E-state index contributed by atoms with van der Waals surface area (Å²) in [7, 11) is 1.65. The van der Waals surface area contributed by atoms with Gasteiger partial charge in [0.1, 0.15) is 12.2 Å². The van der Waals surface area contributed by atoms with Gasteiger partial charge in [-0.05, 0) is 20.9 Å². The highest BCUT2D eigenvalue weighted by Gasteiger charge is 2.03. The molecule has 0 aromatic heterocycles. The first-order valence-corrected chi connectivity index (χ1v) is 3.60. The minimum atomic E-state index is -0.440. The van der Waals surface area contributed by atoms with Crippen molar-refractivity contribution in [3.05, 3.63) is 0 Å². The average molecular weight is 176 g/mol. The van der Waals surface area contributed by atoms with Crippen LogP contribution in [-0.2, 0) is 14.3 Å². The molecule has 0 radical (unpaired) electrons. The number of nitrogens with one attached hydrogen (secondary N) is 1. The van der Waals surface area contributed by atoms with Crippen LogP contribution in [-0.4, -0.2) is 25.4 Å². The number of hydrogen-bond donors (Lipinski definition) is 2. The largest absolute Gasteiger partial charge is 0.466 e. The summed E-state index contributed by atoms with van der Waals surface area (Å²) < 4.78 is 4.49. The molecule has 3 N–H and O–H groups in total. The quantitative estimate of drug-likeness (QED) is 0.265. The highest BCUT2D eigenvalue weighted by molar-refractivity contribution is 5.94. The van der Waals surface area contributed by atoms with Crippen LogP contribution in [0.1, 0.15) is 20.3 Å². The minimum Gasteiger partial charge on any atom is -0.466 e. The summed E-state index contributed by atoms with van der Waals surface area (Å²) in [6.45, 7) is 3.40. The minimum absolute atomic E-state index is 0.103. The second-order valence-electron chi connectivity index (χ2n) is 1.97. The number of nitrogens with two attached hydrogens (primary N) is 1. The van der Waals surface area contributed by atoms with Crippen molar-refractivity contribution < 1.29 is 14.3 Å². The molecule has 0 fully saturated rings. The smallest absolute Gasteiger partial charge is 0.313 e. The van der Waals surface area contributed by atoms with Gasteiger partial charge in [-0.2, -0.15) is 0 Å². The molecular weight excluding hydrogens is 160 g/mol. The second kappa shape index (κ2) is 10.1. The number of esters is 1. The zero-order chi connectivity index (χ0) is 9.98. The fourth-order valence-corrected chi connectivity index (χ4v) is 0.415. The Morgan fingerprint density at radius 3 is 2.17 bits per heavy atom. The summed E-state index contributed by atoms with van der Waals surface area (Å²) in [6.07, 6.45) is -0.103. The van der Waals surface area contributed by atoms with Gasteiger partial charge >= 0.3 is 5.97 Å². The summed E-state index contributed by atoms with van der Waals surface area (Å²) in [4.78, 5) is 20.6. The predicted octanol–water partition coefficient (Wildman–Crippen LogP) is -0.392. The van der Waals surface area contributed by atoms with Crippen LogP contribution in [0, 0.1) is 0 Å². The molecule has 0 aromatic carbocycles. The van der Waals surface area contributed by atoms with Crippen molar-refractivity contribution in [2.45, 2.75) is 20.3 Å². The van der Waals surface area contributed by atoms with Crippen LogP contribution in [0.15, 0.2) is 0 Å². The van der Waals surface area contributed by atoms with Crippen molar-refractivity contribution in [2.75, 3.05) is 13.7 Å². The number of Topliss-reactive ketones (excluding diaryl/α,β-unsaturated/α-hetero) is 1. The third kappa shape index (κ3) is 16.0. The SMILES string of the molecule is CCOC(=O)CC(C)=O.CNN. The lowest BCUT2D eigenvalue weighted by molar-refractivity contribution is -0.145. The van der Waals surface area contributed by atoms with E-state index in [1.165, 1.54) is 6.92 Å². The Hall–Kier alpha value is -0.940. The molecule has 0 amide bonds. The van der Waals surface area contributed by atoms with E-state index in [-0.39, 0.29) is 12.2 Å². The van der Waals surface area contributed by atoms with E-state index >= 15 is 0 Å². The van der Waals surface area contributed by atoms with Crippen molar-refractivity contribution >= 4 is 11.8 Å². The van der Waals surface area contributed by atoms with Crippen LogP contribution < -0.4 is 11.3 Å². The first-order valence-electron chi connectivity index (χ1n) is 3.60. The van der Waals surface area contributed by atoms with Crippen molar-refractivity contribution in [3.63, 3.8) is 0 Å². The molecule has 5 nitrogen and oxygen atoms in total. The summed E-state index contributed by atoms with van der Waals surface area (Å²) in [5.74, 6) is 4.00. The second-order valence-corrected chi connectivity index (χ2v) is 1.97. The van der Waals surface area contributed by atoms with Crippen molar-refractivity contribution in [1.29, 1.82) is 0 Å². The van der Waals surface area contributed by atoms with Gasteiger partial charge in [-0.25, -0.2) is 0 Å². The van der Waals surface area contributed by atoms with Gasteiger partial charge in [0.25, 0.3) is 0 Å². The van der Waals surface area contributed by atoms with Crippen LogP contribution in [0.2, 0.25) is 0 Å². The standard InChI is InChI=1S/C6H10O3.CH6N2/c1-3-9-6(8)4-5(2)7;1-3-2/h3-4H2,1-2H3;3H,2H2,1H3. The van der Waals surface area contributed by atoms with Gasteiger partial charge in [0.15, 0.2) is 0 Å². The molecule has 0 saturated carbocycles. The summed E-state index contributed by atoms with van der Waals surface area (Å²) in [6, 6.07) is 0. The van der Waals surface area contributed by atoms with Gasteiger partial charge in [0.2, 0.25) is 0 Å². The summed E-state index contributed by atoms with van der Waals surface area (Å²) >= 11 is 0. The summed E-state index contributed by atoms with van der Waals surface area (Å²) in [5.41, 5.74) is 2.25. The fraction of sp³-hybridized carbons (Fsp3) is 0.714. The van der Waals surface area contributed by atoms with Gasteiger partial charge in [0, 0.05) is 0 Å². The van der Waals surface area contributed by atoms with Crippen molar-refractivity contribution in [3.8, 4) is 0 Å². The number of ketones is 1. The maximum Gasteiger partial charge on any atom is 0.313 e. The molecule has 0 aliphatic rings. The molecular formula is C7H16N2O3. The molecule has 0 unspecified atom stereocenters. The van der Waals surface area contributed by atoms with Gasteiger partial charge in [0.05, 0.1) is 6.61 Å². The molecule has 0 saturated heterocycles. The Balaban J connectivity index is 0. The van der Waals surface area contributed by atoms with Gasteiger partial charge in [-0.3, -0.25) is 20.9 Å². The maximum atomic E-state index is 10.4. The number of carbonyl (C=O) groups excluding carboxylic acids is 2. The zero-order valence-corrected chi connectivity index (χ0v) is 7.72. The highest BCUT2D eigenvalue weighted by Crippen LogP contribution is 1.86. The normalized spacial score (nSPS) is 8.00. The van der Waals surface area contributed by atoms with Crippen LogP contribution >= 0.6 is 0 Å². The van der Waals surface area contributed by atoms with Crippen LogP contribution in [0.4, 0.5) is 0 Å². The molecule has 0 aliphatic carbocycles. The zero-order valence-electron chi connectivity index (χ0n) is 7.72. The van der Waals surface area contributed by atoms with E-state index in [2.05, 4.69) is 16.0 Å². The van der Waals surface area contributed by atoms with E-state index in [1.807, 2.05) is 0 Å². The molecule has 5 heteroatoms. The Morgan fingerprint density at radius 1 is 1.50 bits per heavy atom. The highest BCUT2D eigenvalue weighted by atomic mass is 16.5. The third-order valence-electron chi connectivity index (χ3n) is 0.699. The average Bonchev–Trinajstić information content (AvgIpc) is 1.87. The van der Waals surface area contributed by atoms with E-state index in [9.17, 15) is 9.59 Å². The molecule has 0 rings (SSSR count). The molecule has 72 valence electrons. The number of hydrazine groups is 1. The molecule has 0 aliphatic heterocycles. The molecule has 0 atom stereocenters. The molecule has 12 heavy (non-hydrogen) atoms. The van der Waals surface area contributed by atoms with Gasteiger partial charge in [-0.1, -0.05) is 0 Å². The third-order valence-corrected chi connectivity index (χ3v) is 0.699. The lowest BCUT2D eigenvalue weighted by atomic mass is 10.3. The topological polar surface area (TPSA) is 81.4 Å². The van der Waals surface area contributed by atoms with E-state index in [1.54, 1.807) is 14.0 Å². The molecule has 0 heterocycles. The van der Waals surface area contributed by atoms with E-state index < -0.39 is 5.97 Å². The molecule has 0 bridgehead atoms. The van der Waals surface area contributed by atoms with Crippen LogP contribution in [0.5, 0.6) is 0 Å². The predicted molar refractivity (Wildman–Crippen MR) is 45.2 cm³/mol. The van der Waals surface area contributed by atoms with Gasteiger partial charge < -0.3 is 4.74 Å². The van der Waals surface area contributed by atoms with Gasteiger partial charge in [-0.15, -0.1) is 0 Å². The fourth-order valence-electron chi connectivity index (χ4n) is 0.415. The van der Waals surface area contributed by atoms with E-state index in [4.69, 9.17) is 0 Å². The molecule has 0 aromatic rings. The van der Waals surface area contributed by atoms with Crippen molar-refractivity contribution in [2.24, 2.45) is 5.84 Å². The monoisotopic (exact) mass is 176 g/mol. The Bertz CT molecular complexity index is 137. The number of carbonyl (C=O) groups is 2. The molecule has 0 spiro atoms. The van der Waals surface area contributed by atoms with Crippen LogP contribution in [0.3, 0.4) is 0 Å². The Kier molecular flexibility index (Phi) is 11.4. The van der Waals surface area contributed by atoms with E-state index in [0.29, 0.717) is 6.61 Å². The van der Waals surface area contributed by atoms with Crippen LogP contribution in [0.25, 0.3) is 0 Å². The number of hydrogen-bond acceptors (Lipinski definition) is 5. The van der Waals surface area contributed by atoms with Crippen molar-refractivity contribution in [1.82, 2.24) is 5.43 Å². The first kappa shape index (κ1) is 13.6. The van der Waals surface area contributed by atoms with E-state index in [0.717, 1.165) is 0 Å². The maximum absolute atomic E-state index is 10.4. The first-order chi connectivity index (χ1) is 5.58. The lowest BCUT2D eigenvalue weighted by Crippen LogP contribution is -2.13. The number of rotatable bonds is 3. The number of ether oxygens (including phenoxy) is 1. The Labute approximate surface area is 72.2 Å². The summed E-state index contributed by atoms with van der Waals surface area (Å²) in [5, 5.41) is 0. The Morgan fingerprint density at radius 2 is 1.92 bits per heavy atom.